The van der Waals surface area contributed by atoms with Crippen LogP contribution in [0.4, 0.5) is 0 Å². The van der Waals surface area contributed by atoms with Gasteiger partial charge < -0.3 is 10.1 Å². The van der Waals surface area contributed by atoms with Gasteiger partial charge in [0.2, 0.25) is 0 Å². The van der Waals surface area contributed by atoms with Gasteiger partial charge in [-0.05, 0) is 49.9 Å². The predicted molar refractivity (Wildman–Crippen MR) is 82.8 cm³/mol. The monoisotopic (exact) mass is 263 g/mol. The van der Waals surface area contributed by atoms with Gasteiger partial charge in [-0.25, -0.2) is 0 Å². The van der Waals surface area contributed by atoms with E-state index in [2.05, 4.69) is 45.1 Å². The average Bonchev–Trinajstić information content (AvgIpc) is 2.42. The smallest absolute Gasteiger partial charge is 0.119 e. The Morgan fingerprint density at radius 1 is 1.26 bits per heavy atom. The van der Waals surface area contributed by atoms with Gasteiger partial charge in [0.1, 0.15) is 5.75 Å². The number of benzene rings is 1. The van der Waals surface area contributed by atoms with E-state index in [4.69, 9.17) is 4.74 Å². The highest BCUT2D eigenvalue weighted by Gasteiger charge is 2.14. The summed E-state index contributed by atoms with van der Waals surface area (Å²) in [5.74, 6) is 1.69. The Balaban J connectivity index is 2.38. The Hall–Kier alpha value is -1.02. The molecule has 0 aliphatic heterocycles. The van der Waals surface area contributed by atoms with Crippen molar-refractivity contribution < 1.29 is 4.74 Å². The van der Waals surface area contributed by atoms with Crippen molar-refractivity contribution >= 4 is 0 Å². The molecule has 0 aromatic heterocycles. The van der Waals surface area contributed by atoms with Crippen LogP contribution in [0.1, 0.15) is 45.6 Å². The average molecular weight is 263 g/mol. The van der Waals surface area contributed by atoms with Crippen molar-refractivity contribution in [3.63, 3.8) is 0 Å². The van der Waals surface area contributed by atoms with Gasteiger partial charge >= 0.3 is 0 Å². The zero-order valence-electron chi connectivity index (χ0n) is 12.9. The van der Waals surface area contributed by atoms with Gasteiger partial charge in [0, 0.05) is 6.04 Å². The minimum Gasteiger partial charge on any atom is -0.494 e. The van der Waals surface area contributed by atoms with Gasteiger partial charge in [-0.2, -0.15) is 0 Å². The molecule has 0 heterocycles. The normalized spacial score (nSPS) is 14.1. The molecule has 0 amide bonds. The van der Waals surface area contributed by atoms with Gasteiger partial charge in [0.15, 0.2) is 0 Å². The SMILES string of the molecule is CCCNC(CCOc1cccc(C)c1)C(C)CC. The molecule has 1 aromatic rings. The molecule has 2 unspecified atom stereocenters. The highest BCUT2D eigenvalue weighted by molar-refractivity contribution is 5.27. The summed E-state index contributed by atoms with van der Waals surface area (Å²) in [6, 6.07) is 8.83. The number of rotatable bonds is 9. The van der Waals surface area contributed by atoms with Crippen molar-refractivity contribution in [3.8, 4) is 5.75 Å². The molecule has 0 aliphatic rings. The summed E-state index contributed by atoms with van der Waals surface area (Å²) in [7, 11) is 0. The first-order valence-corrected chi connectivity index (χ1v) is 7.60. The fourth-order valence-corrected chi connectivity index (χ4v) is 2.21. The molecule has 0 spiro atoms. The summed E-state index contributed by atoms with van der Waals surface area (Å²) in [6.07, 6.45) is 3.47. The Kier molecular flexibility index (Phi) is 7.57. The molecule has 0 bridgehead atoms. The zero-order valence-corrected chi connectivity index (χ0v) is 12.9. The Labute approximate surface area is 118 Å². The van der Waals surface area contributed by atoms with E-state index in [0.717, 1.165) is 25.3 Å². The molecular formula is C17H29NO. The van der Waals surface area contributed by atoms with Crippen molar-refractivity contribution in [2.75, 3.05) is 13.2 Å². The Bertz CT molecular complexity index is 351. The first kappa shape index (κ1) is 16.0. The summed E-state index contributed by atoms with van der Waals surface area (Å²) in [6.45, 7) is 10.8. The van der Waals surface area contributed by atoms with Gasteiger partial charge in [0.25, 0.3) is 0 Å². The van der Waals surface area contributed by atoms with E-state index in [1.807, 2.05) is 12.1 Å². The third-order valence-electron chi connectivity index (χ3n) is 3.67. The van der Waals surface area contributed by atoms with Gasteiger partial charge in [-0.15, -0.1) is 0 Å². The van der Waals surface area contributed by atoms with Crippen LogP contribution in [0.15, 0.2) is 24.3 Å². The van der Waals surface area contributed by atoms with E-state index in [1.165, 1.54) is 18.4 Å². The van der Waals surface area contributed by atoms with E-state index < -0.39 is 0 Å². The molecule has 2 nitrogen and oxygen atoms in total. The fourth-order valence-electron chi connectivity index (χ4n) is 2.21. The number of aryl methyl sites for hydroxylation is 1. The van der Waals surface area contributed by atoms with Gasteiger partial charge in [-0.1, -0.05) is 39.3 Å². The topological polar surface area (TPSA) is 21.3 Å². The maximum Gasteiger partial charge on any atom is 0.119 e. The lowest BCUT2D eigenvalue weighted by Crippen LogP contribution is -2.36. The Morgan fingerprint density at radius 2 is 2.05 bits per heavy atom. The van der Waals surface area contributed by atoms with E-state index in [0.29, 0.717) is 12.0 Å². The van der Waals surface area contributed by atoms with Crippen LogP contribution in [0.3, 0.4) is 0 Å². The molecule has 1 rings (SSSR count). The van der Waals surface area contributed by atoms with Crippen molar-refractivity contribution in [3.05, 3.63) is 29.8 Å². The standard InChI is InChI=1S/C17H29NO/c1-5-11-18-17(15(4)6-2)10-12-19-16-9-7-8-14(3)13-16/h7-9,13,15,17-18H,5-6,10-12H2,1-4H3. The van der Waals surface area contributed by atoms with Gasteiger partial charge in [0.05, 0.1) is 6.61 Å². The maximum absolute atomic E-state index is 5.85. The van der Waals surface area contributed by atoms with Crippen LogP contribution >= 0.6 is 0 Å². The molecule has 108 valence electrons. The molecule has 0 saturated heterocycles. The maximum atomic E-state index is 5.85. The van der Waals surface area contributed by atoms with E-state index in [1.54, 1.807) is 0 Å². The highest BCUT2D eigenvalue weighted by Crippen LogP contribution is 2.15. The van der Waals surface area contributed by atoms with Crippen molar-refractivity contribution in [1.29, 1.82) is 0 Å². The molecule has 0 aliphatic carbocycles. The van der Waals surface area contributed by atoms with Crippen LogP contribution in [-0.4, -0.2) is 19.2 Å². The lowest BCUT2D eigenvalue weighted by Gasteiger charge is -2.24. The molecule has 1 N–H and O–H groups in total. The first-order valence-electron chi connectivity index (χ1n) is 7.60. The second-order valence-electron chi connectivity index (χ2n) is 5.40. The zero-order chi connectivity index (χ0) is 14.1. The minimum atomic E-state index is 0.565. The summed E-state index contributed by atoms with van der Waals surface area (Å²) < 4.78 is 5.85. The number of hydrogen-bond acceptors (Lipinski definition) is 2. The molecule has 0 radical (unpaired) electrons. The number of hydrogen-bond donors (Lipinski definition) is 1. The van der Waals surface area contributed by atoms with E-state index >= 15 is 0 Å². The second-order valence-corrected chi connectivity index (χ2v) is 5.40. The summed E-state index contributed by atoms with van der Waals surface area (Å²) in [5.41, 5.74) is 1.25. The number of nitrogens with one attached hydrogen (secondary N) is 1. The first-order chi connectivity index (χ1) is 9.17. The van der Waals surface area contributed by atoms with Crippen LogP contribution in [0.25, 0.3) is 0 Å². The molecule has 19 heavy (non-hydrogen) atoms. The molecule has 0 saturated carbocycles. The van der Waals surface area contributed by atoms with Gasteiger partial charge in [-0.3, -0.25) is 0 Å². The molecule has 2 atom stereocenters. The summed E-state index contributed by atoms with van der Waals surface area (Å²) >= 11 is 0. The summed E-state index contributed by atoms with van der Waals surface area (Å²) in [4.78, 5) is 0. The van der Waals surface area contributed by atoms with Crippen molar-refractivity contribution in [2.45, 2.75) is 53.0 Å². The van der Waals surface area contributed by atoms with Crippen LogP contribution < -0.4 is 10.1 Å². The largest absolute Gasteiger partial charge is 0.494 e. The highest BCUT2D eigenvalue weighted by atomic mass is 16.5. The van der Waals surface area contributed by atoms with Crippen LogP contribution in [0.5, 0.6) is 5.75 Å². The Morgan fingerprint density at radius 3 is 2.68 bits per heavy atom. The third-order valence-corrected chi connectivity index (χ3v) is 3.67. The number of ether oxygens (including phenoxy) is 1. The lowest BCUT2D eigenvalue weighted by atomic mass is 9.96. The minimum absolute atomic E-state index is 0.565. The van der Waals surface area contributed by atoms with Crippen LogP contribution in [0, 0.1) is 12.8 Å². The quantitative estimate of drug-likeness (QED) is 0.721. The fraction of sp³-hybridized carbons (Fsp3) is 0.647. The van der Waals surface area contributed by atoms with Crippen LogP contribution in [0.2, 0.25) is 0 Å². The molecular weight excluding hydrogens is 234 g/mol. The molecule has 1 aromatic carbocycles. The van der Waals surface area contributed by atoms with Crippen molar-refractivity contribution in [2.24, 2.45) is 5.92 Å². The van der Waals surface area contributed by atoms with Crippen LogP contribution in [-0.2, 0) is 0 Å². The third kappa shape index (κ3) is 6.11. The summed E-state index contributed by atoms with van der Waals surface area (Å²) in [5, 5.41) is 3.64. The second kappa shape index (κ2) is 8.98. The predicted octanol–water partition coefficient (Wildman–Crippen LogP) is 4.18. The van der Waals surface area contributed by atoms with Crippen molar-refractivity contribution in [1.82, 2.24) is 5.32 Å². The molecule has 2 heteroatoms. The van der Waals surface area contributed by atoms with E-state index in [9.17, 15) is 0 Å². The van der Waals surface area contributed by atoms with E-state index in [-0.39, 0.29) is 0 Å². The molecule has 0 fully saturated rings. The lowest BCUT2D eigenvalue weighted by molar-refractivity contribution is 0.254.